The molecule has 10 heteroatoms. The van der Waals surface area contributed by atoms with Crippen molar-refractivity contribution in [2.24, 2.45) is 0 Å². The van der Waals surface area contributed by atoms with Gasteiger partial charge in [0.25, 0.3) is 11.6 Å². The van der Waals surface area contributed by atoms with Crippen molar-refractivity contribution in [3.63, 3.8) is 0 Å². The number of benzene rings is 2. The van der Waals surface area contributed by atoms with Crippen molar-refractivity contribution in [3.05, 3.63) is 75.4 Å². The molecular formula is C23H20N4O5S. The zero-order chi connectivity index (χ0) is 23.5. The predicted octanol–water partition coefficient (Wildman–Crippen LogP) is 4.80. The Bertz CT molecular complexity index is 1360. The van der Waals surface area contributed by atoms with E-state index in [1.807, 2.05) is 29.0 Å². The van der Waals surface area contributed by atoms with Crippen LogP contribution in [0.3, 0.4) is 0 Å². The number of anilines is 1. The van der Waals surface area contributed by atoms with Crippen molar-refractivity contribution in [1.29, 1.82) is 0 Å². The Morgan fingerprint density at radius 1 is 1.21 bits per heavy atom. The summed E-state index contributed by atoms with van der Waals surface area (Å²) in [7, 11) is 0. The lowest BCUT2D eigenvalue weighted by Crippen LogP contribution is -2.13. The van der Waals surface area contributed by atoms with Gasteiger partial charge in [0, 0.05) is 23.4 Å². The van der Waals surface area contributed by atoms with Crippen LogP contribution >= 0.6 is 11.3 Å². The maximum atomic E-state index is 12.9. The van der Waals surface area contributed by atoms with Crippen LogP contribution in [0.15, 0.2) is 53.9 Å². The van der Waals surface area contributed by atoms with Crippen LogP contribution in [0.4, 0.5) is 11.4 Å². The fraction of sp³-hybridized carbons (Fsp3) is 0.174. The number of nitrogens with one attached hydrogen (secondary N) is 1. The van der Waals surface area contributed by atoms with Crippen molar-refractivity contribution >= 4 is 45.6 Å². The normalized spacial score (nSPS) is 10.8. The third-order valence-corrected chi connectivity index (χ3v) is 5.99. The molecule has 2 aromatic heterocycles. The van der Waals surface area contributed by atoms with Gasteiger partial charge in [-0.05, 0) is 54.3 Å². The number of esters is 1. The highest BCUT2D eigenvalue weighted by Crippen LogP contribution is 2.33. The average molecular weight is 465 g/mol. The largest absolute Gasteiger partial charge is 0.464 e. The summed E-state index contributed by atoms with van der Waals surface area (Å²) in [5, 5.41) is 16.1. The molecule has 0 spiro atoms. The van der Waals surface area contributed by atoms with Crippen LogP contribution in [0.2, 0.25) is 0 Å². The summed E-state index contributed by atoms with van der Waals surface area (Å²) in [4.78, 5) is 40.4. The van der Waals surface area contributed by atoms with E-state index < -0.39 is 10.8 Å². The molecule has 2 aromatic carbocycles. The Labute approximate surface area is 192 Å². The molecule has 4 aromatic rings. The molecule has 4 rings (SSSR count). The second-order valence-electron chi connectivity index (χ2n) is 7.27. The smallest absolute Gasteiger partial charge is 0.302 e. The zero-order valence-electron chi connectivity index (χ0n) is 17.9. The van der Waals surface area contributed by atoms with Gasteiger partial charge >= 0.3 is 5.97 Å². The van der Waals surface area contributed by atoms with Crippen LogP contribution in [0.25, 0.3) is 21.5 Å². The number of amides is 1. The number of hydrogen-bond donors (Lipinski definition) is 1. The van der Waals surface area contributed by atoms with Crippen molar-refractivity contribution in [1.82, 2.24) is 9.55 Å². The molecule has 2 heterocycles. The molecule has 0 fully saturated rings. The van der Waals surface area contributed by atoms with Crippen molar-refractivity contribution in [2.75, 3.05) is 11.9 Å². The minimum absolute atomic E-state index is 0.124. The highest BCUT2D eigenvalue weighted by Gasteiger charge is 2.19. The van der Waals surface area contributed by atoms with Crippen LogP contribution in [-0.2, 0) is 16.1 Å². The van der Waals surface area contributed by atoms with Gasteiger partial charge in [-0.1, -0.05) is 6.07 Å². The van der Waals surface area contributed by atoms with E-state index in [-0.39, 0.29) is 24.0 Å². The van der Waals surface area contributed by atoms with Gasteiger partial charge in [0.05, 0.1) is 22.5 Å². The number of aryl methyl sites for hydroxylation is 1. The van der Waals surface area contributed by atoms with E-state index in [2.05, 4.69) is 10.3 Å². The number of nitrogens with zero attached hydrogens (tertiary/aromatic N) is 3. The molecule has 0 unspecified atom stereocenters. The van der Waals surface area contributed by atoms with Crippen LogP contribution in [0, 0.1) is 17.0 Å². The van der Waals surface area contributed by atoms with Crippen LogP contribution in [0.1, 0.15) is 23.1 Å². The molecule has 0 aliphatic rings. The van der Waals surface area contributed by atoms with E-state index in [0.29, 0.717) is 23.4 Å². The summed E-state index contributed by atoms with van der Waals surface area (Å²) in [6.07, 6.45) is 0. The molecule has 1 amide bonds. The molecular weight excluding hydrogens is 444 g/mol. The molecule has 0 bridgehead atoms. The van der Waals surface area contributed by atoms with Gasteiger partial charge in [-0.3, -0.25) is 19.7 Å². The highest BCUT2D eigenvalue weighted by molar-refractivity contribution is 7.13. The number of carbonyl (C=O) groups is 2. The van der Waals surface area contributed by atoms with Gasteiger partial charge < -0.3 is 14.6 Å². The summed E-state index contributed by atoms with van der Waals surface area (Å²) in [5.41, 5.74) is 2.44. The molecule has 0 aliphatic heterocycles. The van der Waals surface area contributed by atoms with Gasteiger partial charge in [0.2, 0.25) is 0 Å². The number of imidazole rings is 1. The molecule has 168 valence electrons. The first-order valence-electron chi connectivity index (χ1n) is 10.1. The Kier molecular flexibility index (Phi) is 6.18. The SMILES string of the molecule is CC(=O)OCCn1c(C)nc2cc(C(=O)Nc3cc(-c4cccs4)ccc3[N+](=O)[O-])ccc21. The molecule has 1 N–H and O–H groups in total. The second kappa shape index (κ2) is 9.21. The number of ether oxygens (including phenoxy) is 1. The lowest BCUT2D eigenvalue weighted by molar-refractivity contribution is -0.383. The van der Waals surface area contributed by atoms with E-state index >= 15 is 0 Å². The minimum atomic E-state index is -0.523. The van der Waals surface area contributed by atoms with Crippen LogP contribution in [-0.4, -0.2) is 33.0 Å². The lowest BCUT2D eigenvalue weighted by atomic mass is 10.1. The summed E-state index contributed by atoms with van der Waals surface area (Å²) < 4.78 is 6.91. The minimum Gasteiger partial charge on any atom is -0.464 e. The third-order valence-electron chi connectivity index (χ3n) is 5.07. The summed E-state index contributed by atoms with van der Waals surface area (Å²) >= 11 is 1.51. The first kappa shape index (κ1) is 22.2. The summed E-state index contributed by atoms with van der Waals surface area (Å²) in [6, 6.07) is 13.5. The molecule has 0 saturated heterocycles. The predicted molar refractivity (Wildman–Crippen MR) is 125 cm³/mol. The van der Waals surface area contributed by atoms with Crippen LogP contribution < -0.4 is 5.32 Å². The lowest BCUT2D eigenvalue weighted by Gasteiger charge is -2.09. The molecule has 0 aliphatic carbocycles. The molecule has 9 nitrogen and oxygen atoms in total. The van der Waals surface area contributed by atoms with Gasteiger partial charge in [-0.2, -0.15) is 0 Å². The zero-order valence-corrected chi connectivity index (χ0v) is 18.7. The van der Waals surface area contributed by atoms with Gasteiger partial charge in [0.1, 0.15) is 18.1 Å². The topological polar surface area (TPSA) is 116 Å². The van der Waals surface area contributed by atoms with E-state index in [4.69, 9.17) is 4.74 Å². The van der Waals surface area contributed by atoms with Gasteiger partial charge in [0.15, 0.2) is 0 Å². The number of hydrogen-bond acceptors (Lipinski definition) is 7. The highest BCUT2D eigenvalue weighted by atomic mass is 32.1. The first-order chi connectivity index (χ1) is 15.8. The summed E-state index contributed by atoms with van der Waals surface area (Å²) in [6.45, 7) is 3.83. The molecule has 0 atom stereocenters. The van der Waals surface area contributed by atoms with Crippen LogP contribution in [0.5, 0.6) is 0 Å². The Balaban J connectivity index is 1.61. The van der Waals surface area contributed by atoms with Crippen molar-refractivity contribution < 1.29 is 19.2 Å². The van der Waals surface area contributed by atoms with E-state index in [0.717, 1.165) is 16.0 Å². The van der Waals surface area contributed by atoms with Crippen molar-refractivity contribution in [2.45, 2.75) is 20.4 Å². The maximum absolute atomic E-state index is 12.9. The summed E-state index contributed by atoms with van der Waals surface area (Å²) in [5.74, 6) is -0.113. The third kappa shape index (κ3) is 4.75. The van der Waals surface area contributed by atoms with Gasteiger partial charge in [-0.15, -0.1) is 11.3 Å². The fourth-order valence-electron chi connectivity index (χ4n) is 3.54. The number of aromatic nitrogens is 2. The van der Waals surface area contributed by atoms with E-state index in [9.17, 15) is 19.7 Å². The maximum Gasteiger partial charge on any atom is 0.302 e. The second-order valence-corrected chi connectivity index (χ2v) is 8.22. The molecule has 0 radical (unpaired) electrons. The Hall–Kier alpha value is -4.05. The van der Waals surface area contributed by atoms with Crippen molar-refractivity contribution in [3.8, 4) is 10.4 Å². The number of carbonyl (C=O) groups excluding carboxylic acids is 2. The molecule has 33 heavy (non-hydrogen) atoms. The quantitative estimate of drug-likeness (QED) is 0.239. The first-order valence-corrected chi connectivity index (χ1v) is 11.0. The van der Waals surface area contributed by atoms with E-state index in [1.165, 1.54) is 24.3 Å². The number of nitro benzene ring substituents is 1. The Morgan fingerprint density at radius 3 is 2.73 bits per heavy atom. The number of thiophene rings is 1. The molecule has 0 saturated carbocycles. The van der Waals surface area contributed by atoms with E-state index in [1.54, 1.807) is 30.3 Å². The number of nitro groups is 1. The average Bonchev–Trinajstić information content (AvgIpc) is 3.41. The monoisotopic (exact) mass is 464 g/mol. The standard InChI is InChI=1S/C23H20N4O5S/c1-14-24-18-13-17(6-7-20(18)26(14)9-10-32-15(2)28)23(29)25-19-12-16(22-4-3-11-33-22)5-8-21(19)27(30)31/h3-8,11-13H,9-10H2,1-2H3,(H,25,29). The fourth-order valence-corrected chi connectivity index (χ4v) is 4.26. The van der Waals surface area contributed by atoms with Gasteiger partial charge in [-0.25, -0.2) is 4.98 Å². The Morgan fingerprint density at radius 2 is 2.03 bits per heavy atom. The number of rotatable bonds is 7. The number of fused-ring (bicyclic) bond motifs is 1.